The van der Waals surface area contributed by atoms with Gasteiger partial charge in [-0.25, -0.2) is 4.98 Å². The number of nitrogens with zero attached hydrogens (tertiary/aromatic N) is 5. The number of hydrogen-bond acceptors (Lipinski definition) is 5. The Bertz CT molecular complexity index is 1920. The lowest BCUT2D eigenvalue weighted by atomic mass is 9.80. The second-order valence-corrected chi connectivity index (χ2v) is 12.1. The van der Waals surface area contributed by atoms with E-state index in [1.54, 1.807) is 7.11 Å². The van der Waals surface area contributed by atoms with Gasteiger partial charge in [0.1, 0.15) is 16.6 Å². The van der Waals surface area contributed by atoms with E-state index < -0.39 is 5.60 Å². The third-order valence-corrected chi connectivity index (χ3v) is 8.74. The molecule has 2 aromatic heterocycles. The molecule has 0 bridgehead atoms. The van der Waals surface area contributed by atoms with Gasteiger partial charge in [0.05, 0.1) is 0 Å². The summed E-state index contributed by atoms with van der Waals surface area (Å²) in [4.78, 5) is 4.46. The molecule has 0 spiro atoms. The number of halogens is 1. The van der Waals surface area contributed by atoms with Crippen LogP contribution in [0, 0.1) is 0 Å². The van der Waals surface area contributed by atoms with Gasteiger partial charge in [-0.05, 0) is 45.0 Å². The van der Waals surface area contributed by atoms with Crippen LogP contribution in [0.2, 0.25) is 5.15 Å². The standard InChI is InChI=1S/C21H21ClN6.C20H18O/c1-2-3-8-20-23-19(22)14-28(20)13-15-9-11-16(12-10-15)17-6-4-5-7-18(17)21-24-26-27-25-21;1-21-20(17-11-5-2-6-12-17,18-13-7-3-8-14-18)19-15-9-4-10-16-19/h4-7,9-12,14H,2-3,8,13H2,1H3,(H,24,25,26,27);2-16H,1H3. The Morgan fingerprint density at radius 2 is 1.27 bits per heavy atom. The SMILES string of the molecule is CCCCc1nc(Cl)cn1Cc1ccc(-c2ccccc2-c2nn[nH]n2)cc1.COC(c1ccccc1)(c1ccccc1)c1ccccc1. The minimum Gasteiger partial charge on any atom is -0.364 e. The Balaban J connectivity index is 0.000000177. The number of nitrogens with one attached hydrogen (secondary N) is 1. The van der Waals surface area contributed by atoms with Crippen molar-refractivity contribution in [3.05, 3.63) is 179 Å². The number of rotatable bonds is 11. The molecule has 1 N–H and O–H groups in total. The number of tetrazole rings is 1. The number of imidazole rings is 1. The second-order valence-electron chi connectivity index (χ2n) is 11.7. The van der Waals surface area contributed by atoms with Crippen molar-refractivity contribution >= 4 is 11.6 Å². The molecule has 0 atom stereocenters. The summed E-state index contributed by atoms with van der Waals surface area (Å²) in [5, 5.41) is 15.0. The summed E-state index contributed by atoms with van der Waals surface area (Å²) in [6.45, 7) is 2.94. The van der Waals surface area contributed by atoms with Crippen molar-refractivity contribution in [3.8, 4) is 22.5 Å². The molecule has 7 nitrogen and oxygen atoms in total. The lowest BCUT2D eigenvalue weighted by Gasteiger charge is -2.34. The lowest BCUT2D eigenvalue weighted by molar-refractivity contribution is 0.0585. The van der Waals surface area contributed by atoms with Crippen LogP contribution in [0.5, 0.6) is 0 Å². The molecule has 2 heterocycles. The first-order chi connectivity index (χ1) is 24.1. The monoisotopic (exact) mass is 666 g/mol. The maximum Gasteiger partial charge on any atom is 0.205 e. The molecule has 0 aliphatic heterocycles. The predicted molar refractivity (Wildman–Crippen MR) is 196 cm³/mol. The van der Waals surface area contributed by atoms with Gasteiger partial charge in [-0.3, -0.25) is 0 Å². The molecular formula is C41H39ClN6O. The number of methoxy groups -OCH3 is 1. The Labute approximate surface area is 292 Å². The van der Waals surface area contributed by atoms with Gasteiger partial charge in [-0.2, -0.15) is 5.21 Å². The maximum atomic E-state index is 6.13. The van der Waals surface area contributed by atoms with Crippen molar-refractivity contribution in [3.63, 3.8) is 0 Å². The highest BCUT2D eigenvalue weighted by Crippen LogP contribution is 2.39. The van der Waals surface area contributed by atoms with Gasteiger partial charge in [0.15, 0.2) is 0 Å². The van der Waals surface area contributed by atoms with Crippen molar-refractivity contribution in [1.82, 2.24) is 30.2 Å². The van der Waals surface area contributed by atoms with E-state index >= 15 is 0 Å². The summed E-state index contributed by atoms with van der Waals surface area (Å²) in [6.07, 6.45) is 5.10. The van der Waals surface area contributed by atoms with Gasteiger partial charge in [-0.1, -0.05) is 164 Å². The van der Waals surface area contributed by atoms with Gasteiger partial charge >= 0.3 is 0 Å². The van der Waals surface area contributed by atoms with Crippen LogP contribution in [0.25, 0.3) is 22.5 Å². The first kappa shape index (κ1) is 33.5. The van der Waals surface area contributed by atoms with Crippen molar-refractivity contribution in [2.45, 2.75) is 38.3 Å². The summed E-state index contributed by atoms with van der Waals surface area (Å²) in [6, 6.07) is 47.7. The van der Waals surface area contributed by atoms with E-state index in [1.807, 2.05) is 42.6 Å². The van der Waals surface area contributed by atoms with Gasteiger partial charge in [0, 0.05) is 31.8 Å². The van der Waals surface area contributed by atoms with Crippen LogP contribution in [0.3, 0.4) is 0 Å². The topological polar surface area (TPSA) is 81.5 Å². The van der Waals surface area contributed by atoms with Crippen molar-refractivity contribution < 1.29 is 4.74 Å². The smallest absolute Gasteiger partial charge is 0.205 e. The fourth-order valence-electron chi connectivity index (χ4n) is 6.16. The number of benzene rings is 5. The second kappa shape index (κ2) is 16.2. The molecule has 0 aliphatic carbocycles. The van der Waals surface area contributed by atoms with Gasteiger partial charge < -0.3 is 9.30 Å². The highest BCUT2D eigenvalue weighted by molar-refractivity contribution is 6.29. The average Bonchev–Trinajstić information content (AvgIpc) is 3.83. The van der Waals surface area contributed by atoms with Crippen LogP contribution >= 0.6 is 11.6 Å². The zero-order valence-electron chi connectivity index (χ0n) is 27.7. The third kappa shape index (κ3) is 7.70. The van der Waals surface area contributed by atoms with Crippen molar-refractivity contribution in [2.24, 2.45) is 0 Å². The zero-order chi connectivity index (χ0) is 33.9. The number of hydrogen-bond donors (Lipinski definition) is 1. The summed E-state index contributed by atoms with van der Waals surface area (Å²) in [7, 11) is 1.77. The molecule has 246 valence electrons. The normalized spacial score (nSPS) is 11.2. The number of ether oxygens (including phenoxy) is 1. The van der Waals surface area contributed by atoms with Crippen molar-refractivity contribution in [2.75, 3.05) is 7.11 Å². The minimum absolute atomic E-state index is 0.553. The highest BCUT2D eigenvalue weighted by Gasteiger charge is 2.36. The Morgan fingerprint density at radius 3 is 1.78 bits per heavy atom. The van der Waals surface area contributed by atoms with E-state index in [1.165, 1.54) is 5.56 Å². The van der Waals surface area contributed by atoms with Gasteiger partial charge in [0.2, 0.25) is 5.82 Å². The fraction of sp³-hybridized carbons (Fsp3) is 0.171. The molecule has 0 amide bonds. The molecule has 0 radical (unpaired) electrons. The Morgan fingerprint density at radius 1 is 0.714 bits per heavy atom. The highest BCUT2D eigenvalue weighted by atomic mass is 35.5. The molecule has 7 aromatic rings. The molecule has 49 heavy (non-hydrogen) atoms. The summed E-state index contributed by atoms with van der Waals surface area (Å²) >= 11 is 6.13. The average molecular weight is 667 g/mol. The molecule has 0 saturated heterocycles. The van der Waals surface area contributed by atoms with Crippen LogP contribution in [0.4, 0.5) is 0 Å². The molecule has 0 aliphatic rings. The summed E-state index contributed by atoms with van der Waals surface area (Å²) in [5.41, 5.74) is 7.15. The van der Waals surface area contributed by atoms with Crippen LogP contribution in [0.15, 0.2) is 146 Å². The molecule has 7 rings (SSSR count). The maximum absolute atomic E-state index is 6.13. The summed E-state index contributed by atoms with van der Waals surface area (Å²) < 4.78 is 8.24. The quantitative estimate of drug-likeness (QED) is 0.139. The minimum atomic E-state index is -0.580. The van der Waals surface area contributed by atoms with E-state index in [9.17, 15) is 0 Å². The third-order valence-electron chi connectivity index (χ3n) is 8.56. The van der Waals surface area contributed by atoms with Crippen LogP contribution in [-0.4, -0.2) is 37.3 Å². The van der Waals surface area contributed by atoms with Crippen molar-refractivity contribution in [1.29, 1.82) is 0 Å². The van der Waals surface area contributed by atoms with E-state index in [0.29, 0.717) is 11.0 Å². The fourth-order valence-corrected chi connectivity index (χ4v) is 6.37. The molecule has 8 heteroatoms. The molecule has 0 saturated carbocycles. The van der Waals surface area contributed by atoms with E-state index in [-0.39, 0.29) is 0 Å². The largest absolute Gasteiger partial charge is 0.364 e. The van der Waals surface area contributed by atoms with Crippen LogP contribution in [0.1, 0.15) is 47.8 Å². The molecule has 0 unspecified atom stereocenters. The molecule has 5 aromatic carbocycles. The molecule has 0 fully saturated rings. The van der Waals surface area contributed by atoms with Crippen LogP contribution in [-0.2, 0) is 23.3 Å². The first-order valence-electron chi connectivity index (χ1n) is 16.5. The number of aryl methyl sites for hydroxylation is 1. The van der Waals surface area contributed by atoms with Crippen LogP contribution < -0.4 is 0 Å². The Kier molecular flexibility index (Phi) is 11.1. The Hall–Kier alpha value is -5.37. The zero-order valence-corrected chi connectivity index (χ0v) is 28.5. The summed E-state index contributed by atoms with van der Waals surface area (Å²) in [5.74, 6) is 1.63. The lowest BCUT2D eigenvalue weighted by Crippen LogP contribution is -2.31. The molecular weight excluding hydrogens is 628 g/mol. The number of aromatic nitrogens is 6. The predicted octanol–water partition coefficient (Wildman–Crippen LogP) is 9.40. The number of aromatic amines is 1. The van der Waals surface area contributed by atoms with Gasteiger partial charge in [-0.15, -0.1) is 10.2 Å². The number of H-pyrrole nitrogens is 1. The number of unbranched alkanes of at least 4 members (excludes halogenated alkanes) is 1. The van der Waals surface area contributed by atoms with E-state index in [2.05, 4.69) is 140 Å². The van der Waals surface area contributed by atoms with E-state index in [4.69, 9.17) is 16.3 Å². The first-order valence-corrected chi connectivity index (χ1v) is 16.9. The van der Waals surface area contributed by atoms with E-state index in [0.717, 1.165) is 65.0 Å². The van der Waals surface area contributed by atoms with Gasteiger partial charge in [0.25, 0.3) is 0 Å².